The Hall–Kier alpha value is -2.60. The van der Waals surface area contributed by atoms with Crippen LogP contribution < -0.4 is 11.1 Å². The van der Waals surface area contributed by atoms with Crippen molar-refractivity contribution in [2.24, 2.45) is 0 Å². The zero-order chi connectivity index (χ0) is 15.7. The molecule has 3 rings (SSSR count). The third-order valence-corrected chi connectivity index (χ3v) is 3.28. The number of rotatable bonds is 3. The van der Waals surface area contributed by atoms with Crippen molar-refractivity contribution in [3.05, 3.63) is 63.9 Å². The van der Waals surface area contributed by atoms with Crippen LogP contribution in [0.15, 0.2) is 51.7 Å². The number of amides is 1. The van der Waals surface area contributed by atoms with E-state index in [0.717, 1.165) is 0 Å². The molecule has 0 saturated heterocycles. The molecule has 3 aromatic rings. The maximum Gasteiger partial charge on any atom is 0.420 e. The Morgan fingerprint density at radius 2 is 2.09 bits per heavy atom. The number of benzene rings is 2. The molecule has 0 aliphatic carbocycles. The third-order valence-electron chi connectivity index (χ3n) is 3.04. The number of hydrogen-bond donors (Lipinski definition) is 1. The minimum atomic E-state index is -0.661. The summed E-state index contributed by atoms with van der Waals surface area (Å²) in [5.74, 6) is -1.59. The largest absolute Gasteiger partial charge is 0.420 e. The summed E-state index contributed by atoms with van der Waals surface area (Å²) in [6.45, 7) is -0.246. The molecule has 0 fully saturated rings. The molecule has 0 bridgehead atoms. The Morgan fingerprint density at radius 1 is 1.27 bits per heavy atom. The first-order valence-corrected chi connectivity index (χ1v) is 6.75. The number of nitrogens with one attached hydrogen (secondary N) is 1. The predicted octanol–water partition coefficient (Wildman–Crippen LogP) is 3.03. The quantitative estimate of drug-likeness (QED) is 0.806. The van der Waals surface area contributed by atoms with Crippen molar-refractivity contribution < 1.29 is 13.6 Å². The Labute approximate surface area is 128 Å². The van der Waals surface area contributed by atoms with Gasteiger partial charge in [-0.1, -0.05) is 17.7 Å². The summed E-state index contributed by atoms with van der Waals surface area (Å²) >= 11 is 5.82. The van der Waals surface area contributed by atoms with E-state index in [0.29, 0.717) is 21.8 Å². The lowest BCUT2D eigenvalue weighted by molar-refractivity contribution is -0.116. The van der Waals surface area contributed by atoms with Gasteiger partial charge in [-0.3, -0.25) is 9.36 Å². The van der Waals surface area contributed by atoms with E-state index in [-0.39, 0.29) is 6.54 Å². The minimum Gasteiger partial charge on any atom is -0.408 e. The molecule has 0 radical (unpaired) electrons. The van der Waals surface area contributed by atoms with Crippen LogP contribution in [-0.2, 0) is 11.3 Å². The zero-order valence-corrected chi connectivity index (χ0v) is 11.9. The second-order valence-electron chi connectivity index (χ2n) is 4.62. The van der Waals surface area contributed by atoms with Gasteiger partial charge in [0.05, 0.1) is 5.52 Å². The lowest BCUT2D eigenvalue weighted by Gasteiger charge is -2.05. The summed E-state index contributed by atoms with van der Waals surface area (Å²) < 4.78 is 19.3. The third kappa shape index (κ3) is 2.87. The second kappa shape index (κ2) is 5.65. The number of halogens is 2. The first-order valence-electron chi connectivity index (χ1n) is 6.37. The van der Waals surface area contributed by atoms with Crippen molar-refractivity contribution >= 4 is 34.3 Å². The standard InChI is InChI=1S/C15H10ClFN2O3/c16-9-4-5-12-13(6-9)22-15(21)19(12)8-14(20)18-11-3-1-2-10(17)7-11/h1-7H,8H2,(H,18,20). The van der Waals surface area contributed by atoms with Crippen molar-refractivity contribution in [2.75, 3.05) is 5.32 Å². The minimum absolute atomic E-state index is 0.246. The van der Waals surface area contributed by atoms with Crippen molar-refractivity contribution in [2.45, 2.75) is 6.54 Å². The van der Waals surface area contributed by atoms with Gasteiger partial charge in [-0.2, -0.15) is 0 Å². The highest BCUT2D eigenvalue weighted by Gasteiger charge is 2.13. The molecule has 1 N–H and O–H groups in total. The highest BCUT2D eigenvalue weighted by atomic mass is 35.5. The molecule has 22 heavy (non-hydrogen) atoms. The molecule has 112 valence electrons. The van der Waals surface area contributed by atoms with Crippen LogP contribution in [0, 0.1) is 5.82 Å². The van der Waals surface area contributed by atoms with Crippen LogP contribution in [0.1, 0.15) is 0 Å². The molecular formula is C15H10ClFN2O3. The summed E-state index contributed by atoms with van der Waals surface area (Å²) in [6, 6.07) is 10.2. The normalized spacial score (nSPS) is 10.8. The van der Waals surface area contributed by atoms with Crippen molar-refractivity contribution in [1.29, 1.82) is 0 Å². The average molecular weight is 321 g/mol. The SMILES string of the molecule is O=C(Cn1c(=O)oc2cc(Cl)ccc21)Nc1cccc(F)c1. The number of anilines is 1. The topological polar surface area (TPSA) is 64.2 Å². The number of oxazole rings is 1. The second-order valence-corrected chi connectivity index (χ2v) is 5.06. The van der Waals surface area contributed by atoms with E-state index in [9.17, 15) is 14.0 Å². The number of hydrogen-bond acceptors (Lipinski definition) is 3. The molecule has 1 aromatic heterocycles. The fourth-order valence-corrected chi connectivity index (χ4v) is 2.26. The molecule has 7 heteroatoms. The lowest BCUT2D eigenvalue weighted by atomic mass is 10.3. The van der Waals surface area contributed by atoms with Gasteiger partial charge in [0.15, 0.2) is 5.58 Å². The van der Waals surface area contributed by atoms with Gasteiger partial charge in [-0.05, 0) is 30.3 Å². The molecule has 1 amide bonds. The smallest absolute Gasteiger partial charge is 0.408 e. The number of fused-ring (bicyclic) bond motifs is 1. The maximum absolute atomic E-state index is 13.1. The molecule has 0 spiro atoms. The van der Waals surface area contributed by atoms with E-state index >= 15 is 0 Å². The molecule has 0 saturated carbocycles. The van der Waals surface area contributed by atoms with Gasteiger partial charge < -0.3 is 9.73 Å². The van der Waals surface area contributed by atoms with E-state index < -0.39 is 17.5 Å². The van der Waals surface area contributed by atoms with Crippen LogP contribution in [-0.4, -0.2) is 10.5 Å². The van der Waals surface area contributed by atoms with Crippen LogP contribution in [0.2, 0.25) is 5.02 Å². The molecular weight excluding hydrogens is 311 g/mol. The average Bonchev–Trinajstić information content (AvgIpc) is 2.74. The summed E-state index contributed by atoms with van der Waals surface area (Å²) in [4.78, 5) is 23.8. The predicted molar refractivity (Wildman–Crippen MR) is 80.5 cm³/mol. The van der Waals surface area contributed by atoms with Crippen LogP contribution in [0.5, 0.6) is 0 Å². The van der Waals surface area contributed by atoms with E-state index in [1.165, 1.54) is 28.8 Å². The monoisotopic (exact) mass is 320 g/mol. The zero-order valence-electron chi connectivity index (χ0n) is 11.2. The summed E-state index contributed by atoms with van der Waals surface area (Å²) in [5, 5.41) is 2.95. The molecule has 2 aromatic carbocycles. The molecule has 0 aliphatic heterocycles. The Morgan fingerprint density at radius 3 is 2.86 bits per heavy atom. The molecule has 0 unspecified atom stereocenters. The summed E-state index contributed by atoms with van der Waals surface area (Å²) in [6.07, 6.45) is 0. The van der Waals surface area contributed by atoms with E-state index in [4.69, 9.17) is 16.0 Å². The molecule has 0 atom stereocenters. The molecule has 0 aliphatic rings. The van der Waals surface area contributed by atoms with Crippen molar-refractivity contribution in [1.82, 2.24) is 4.57 Å². The summed E-state index contributed by atoms with van der Waals surface area (Å²) in [7, 11) is 0. The Kier molecular flexibility index (Phi) is 3.68. The van der Waals surface area contributed by atoms with Crippen LogP contribution in [0.4, 0.5) is 10.1 Å². The maximum atomic E-state index is 13.1. The molecule has 5 nitrogen and oxygen atoms in total. The van der Waals surface area contributed by atoms with E-state index in [2.05, 4.69) is 5.32 Å². The highest BCUT2D eigenvalue weighted by Crippen LogP contribution is 2.18. The van der Waals surface area contributed by atoms with Gasteiger partial charge in [-0.25, -0.2) is 9.18 Å². The lowest BCUT2D eigenvalue weighted by Crippen LogP contribution is -2.24. The van der Waals surface area contributed by atoms with Crippen molar-refractivity contribution in [3.63, 3.8) is 0 Å². The van der Waals surface area contributed by atoms with Gasteiger partial charge >= 0.3 is 5.76 Å². The van der Waals surface area contributed by atoms with Gasteiger partial charge in [0.2, 0.25) is 5.91 Å². The van der Waals surface area contributed by atoms with E-state index in [1.807, 2.05) is 0 Å². The van der Waals surface area contributed by atoms with Crippen LogP contribution in [0.3, 0.4) is 0 Å². The number of aromatic nitrogens is 1. The fourth-order valence-electron chi connectivity index (χ4n) is 2.10. The Balaban J connectivity index is 1.85. The van der Waals surface area contributed by atoms with Gasteiger partial charge in [0, 0.05) is 16.8 Å². The van der Waals surface area contributed by atoms with Crippen molar-refractivity contribution in [3.8, 4) is 0 Å². The van der Waals surface area contributed by atoms with Gasteiger partial charge in [0.25, 0.3) is 0 Å². The first-order chi connectivity index (χ1) is 10.5. The summed E-state index contributed by atoms with van der Waals surface area (Å²) in [5.41, 5.74) is 1.08. The number of nitrogens with zero attached hydrogens (tertiary/aromatic N) is 1. The Bertz CT molecular complexity index is 917. The fraction of sp³-hybridized carbons (Fsp3) is 0.0667. The van der Waals surface area contributed by atoms with E-state index in [1.54, 1.807) is 18.2 Å². The van der Waals surface area contributed by atoms with Gasteiger partial charge in [0.1, 0.15) is 12.4 Å². The molecule has 1 heterocycles. The first kappa shape index (κ1) is 14.3. The van der Waals surface area contributed by atoms with Crippen LogP contribution in [0.25, 0.3) is 11.1 Å². The number of carbonyl (C=O) groups is 1. The van der Waals surface area contributed by atoms with Gasteiger partial charge in [-0.15, -0.1) is 0 Å². The van der Waals surface area contributed by atoms with Crippen LogP contribution >= 0.6 is 11.6 Å². The highest BCUT2D eigenvalue weighted by molar-refractivity contribution is 6.31. The number of carbonyl (C=O) groups excluding carboxylic acids is 1.